The van der Waals surface area contributed by atoms with E-state index in [1.54, 1.807) is 12.3 Å². The van der Waals surface area contributed by atoms with Crippen LogP contribution in [-0.4, -0.2) is 16.7 Å². The lowest BCUT2D eigenvalue weighted by Gasteiger charge is -2.02. The Morgan fingerprint density at radius 2 is 2.21 bits per heavy atom. The van der Waals surface area contributed by atoms with Gasteiger partial charge in [-0.1, -0.05) is 0 Å². The highest BCUT2D eigenvalue weighted by atomic mass is 16.2. The third-order valence-corrected chi connectivity index (χ3v) is 1.59. The normalized spacial score (nSPS) is 9.57. The van der Waals surface area contributed by atoms with E-state index in [9.17, 15) is 9.59 Å². The fourth-order valence-corrected chi connectivity index (χ4v) is 1.02. The zero-order valence-corrected chi connectivity index (χ0v) is 8.20. The summed E-state index contributed by atoms with van der Waals surface area (Å²) in [5, 5.41) is 2.54. The second-order valence-corrected chi connectivity index (χ2v) is 3.15. The first-order valence-corrected chi connectivity index (χ1v) is 4.30. The number of nitrogens with zero attached hydrogens (tertiary/aromatic N) is 1. The maximum atomic E-state index is 11.2. The molecule has 1 rings (SSSR count). The van der Waals surface area contributed by atoms with Crippen LogP contribution in [0.15, 0.2) is 18.3 Å². The van der Waals surface area contributed by atoms with Crippen LogP contribution in [0.2, 0.25) is 0 Å². The van der Waals surface area contributed by atoms with Crippen molar-refractivity contribution >= 4 is 17.5 Å². The number of amides is 1. The molecule has 0 unspecified atom stereocenters. The van der Waals surface area contributed by atoms with Gasteiger partial charge in [-0.3, -0.25) is 9.59 Å². The number of anilines is 1. The minimum Gasteiger partial charge on any atom is -0.310 e. The van der Waals surface area contributed by atoms with E-state index < -0.39 is 0 Å². The number of Topliss-reactive ketones (excluding diaryl/α,β-unsaturated/α-hetero) is 1. The lowest BCUT2D eigenvalue weighted by molar-refractivity contribution is -0.124. The maximum absolute atomic E-state index is 11.2. The van der Waals surface area contributed by atoms with Gasteiger partial charge in [0, 0.05) is 6.20 Å². The van der Waals surface area contributed by atoms with Gasteiger partial charge in [0.2, 0.25) is 5.91 Å². The predicted molar refractivity (Wildman–Crippen MR) is 52.9 cm³/mol. The number of ketones is 1. The smallest absolute Gasteiger partial charge is 0.232 e. The average molecular weight is 192 g/mol. The van der Waals surface area contributed by atoms with E-state index >= 15 is 0 Å². The summed E-state index contributed by atoms with van der Waals surface area (Å²) in [5.74, 6) is 0.00185. The summed E-state index contributed by atoms with van der Waals surface area (Å²) in [5.41, 5.74) is 1.01. The van der Waals surface area contributed by atoms with E-state index in [-0.39, 0.29) is 18.1 Å². The molecule has 0 aliphatic heterocycles. The molecular weight excluding hydrogens is 180 g/mol. The molecular formula is C10H12N2O2. The maximum Gasteiger partial charge on any atom is 0.232 e. The Bertz CT molecular complexity index is 361. The molecule has 0 saturated heterocycles. The summed E-state index contributed by atoms with van der Waals surface area (Å²) in [6.45, 7) is 3.28. The number of aryl methyl sites for hydroxylation is 1. The molecule has 0 aromatic carbocycles. The standard InChI is InChI=1S/C10H12N2O2/c1-7-3-4-11-9(5-7)12-10(14)6-8(2)13/h3-5H,6H2,1-2H3,(H,11,12,14). The fourth-order valence-electron chi connectivity index (χ4n) is 1.02. The van der Waals surface area contributed by atoms with Crippen molar-refractivity contribution in [2.75, 3.05) is 5.32 Å². The zero-order chi connectivity index (χ0) is 10.6. The number of rotatable bonds is 3. The van der Waals surface area contributed by atoms with Crippen LogP contribution in [0.4, 0.5) is 5.82 Å². The second kappa shape index (κ2) is 4.50. The molecule has 0 aliphatic rings. The highest BCUT2D eigenvalue weighted by molar-refractivity contribution is 6.03. The number of hydrogen-bond donors (Lipinski definition) is 1. The minimum absolute atomic E-state index is 0.102. The molecule has 0 fully saturated rings. The van der Waals surface area contributed by atoms with Crippen molar-refractivity contribution in [3.05, 3.63) is 23.9 Å². The molecule has 14 heavy (non-hydrogen) atoms. The number of carbonyl (C=O) groups is 2. The van der Waals surface area contributed by atoms with Crippen LogP contribution in [0, 0.1) is 6.92 Å². The molecule has 0 bridgehead atoms. The summed E-state index contributed by atoms with van der Waals surface area (Å²) in [7, 11) is 0. The van der Waals surface area contributed by atoms with Crippen molar-refractivity contribution in [1.82, 2.24) is 4.98 Å². The van der Waals surface area contributed by atoms with Gasteiger partial charge in [-0.2, -0.15) is 0 Å². The number of nitrogens with one attached hydrogen (secondary N) is 1. The van der Waals surface area contributed by atoms with Gasteiger partial charge in [0.1, 0.15) is 11.6 Å². The molecule has 0 spiro atoms. The summed E-state index contributed by atoms with van der Waals surface area (Å²) in [6, 6.07) is 3.58. The third kappa shape index (κ3) is 3.35. The number of aromatic nitrogens is 1. The van der Waals surface area contributed by atoms with Crippen LogP contribution in [0.5, 0.6) is 0 Å². The average Bonchev–Trinajstić information content (AvgIpc) is 2.01. The fraction of sp³-hybridized carbons (Fsp3) is 0.300. The first-order chi connectivity index (χ1) is 6.58. The number of hydrogen-bond acceptors (Lipinski definition) is 3. The van der Waals surface area contributed by atoms with Crippen LogP contribution in [0.25, 0.3) is 0 Å². The van der Waals surface area contributed by atoms with Crippen molar-refractivity contribution in [2.24, 2.45) is 0 Å². The van der Waals surface area contributed by atoms with E-state index in [1.807, 2.05) is 13.0 Å². The molecule has 0 aliphatic carbocycles. The molecule has 1 N–H and O–H groups in total. The first kappa shape index (κ1) is 10.4. The molecule has 4 heteroatoms. The Balaban J connectivity index is 2.60. The van der Waals surface area contributed by atoms with Gasteiger partial charge in [-0.05, 0) is 31.5 Å². The topological polar surface area (TPSA) is 59.1 Å². The van der Waals surface area contributed by atoms with E-state index in [1.165, 1.54) is 6.92 Å². The lowest BCUT2D eigenvalue weighted by atomic mass is 10.3. The largest absolute Gasteiger partial charge is 0.310 e. The molecule has 74 valence electrons. The molecule has 4 nitrogen and oxygen atoms in total. The first-order valence-electron chi connectivity index (χ1n) is 4.30. The Morgan fingerprint density at radius 1 is 1.50 bits per heavy atom. The van der Waals surface area contributed by atoms with Crippen LogP contribution in [0.1, 0.15) is 18.9 Å². The zero-order valence-electron chi connectivity index (χ0n) is 8.20. The van der Waals surface area contributed by atoms with Gasteiger partial charge in [-0.25, -0.2) is 4.98 Å². The highest BCUT2D eigenvalue weighted by Crippen LogP contribution is 2.05. The summed E-state index contributed by atoms with van der Waals surface area (Å²) in [4.78, 5) is 25.7. The molecule has 1 aromatic heterocycles. The Kier molecular flexibility index (Phi) is 3.34. The lowest BCUT2D eigenvalue weighted by Crippen LogP contribution is -2.15. The van der Waals surface area contributed by atoms with Crippen molar-refractivity contribution in [3.63, 3.8) is 0 Å². The van der Waals surface area contributed by atoms with Crippen molar-refractivity contribution in [2.45, 2.75) is 20.3 Å². The van der Waals surface area contributed by atoms with E-state index in [0.29, 0.717) is 5.82 Å². The van der Waals surface area contributed by atoms with Gasteiger partial charge in [-0.15, -0.1) is 0 Å². The van der Waals surface area contributed by atoms with E-state index in [2.05, 4.69) is 10.3 Å². The molecule has 0 atom stereocenters. The van der Waals surface area contributed by atoms with Crippen LogP contribution < -0.4 is 5.32 Å². The summed E-state index contributed by atoms with van der Waals surface area (Å²) in [6.07, 6.45) is 1.51. The molecule has 1 heterocycles. The van der Waals surface area contributed by atoms with Gasteiger partial charge < -0.3 is 5.32 Å². The van der Waals surface area contributed by atoms with Gasteiger partial charge in [0.15, 0.2) is 0 Å². The summed E-state index contributed by atoms with van der Waals surface area (Å²) >= 11 is 0. The monoisotopic (exact) mass is 192 g/mol. The number of pyridine rings is 1. The third-order valence-electron chi connectivity index (χ3n) is 1.59. The predicted octanol–water partition coefficient (Wildman–Crippen LogP) is 1.31. The molecule has 0 saturated carbocycles. The van der Waals surface area contributed by atoms with Crippen LogP contribution in [0.3, 0.4) is 0 Å². The summed E-state index contributed by atoms with van der Waals surface area (Å²) < 4.78 is 0. The molecule has 1 amide bonds. The van der Waals surface area contributed by atoms with Crippen LogP contribution in [-0.2, 0) is 9.59 Å². The van der Waals surface area contributed by atoms with Crippen molar-refractivity contribution in [1.29, 1.82) is 0 Å². The molecule has 0 radical (unpaired) electrons. The molecule has 1 aromatic rings. The second-order valence-electron chi connectivity index (χ2n) is 3.15. The number of carbonyl (C=O) groups excluding carboxylic acids is 2. The highest BCUT2D eigenvalue weighted by Gasteiger charge is 2.05. The van der Waals surface area contributed by atoms with Crippen molar-refractivity contribution < 1.29 is 9.59 Å². The van der Waals surface area contributed by atoms with Crippen molar-refractivity contribution in [3.8, 4) is 0 Å². The van der Waals surface area contributed by atoms with E-state index in [0.717, 1.165) is 5.56 Å². The Hall–Kier alpha value is -1.71. The Morgan fingerprint density at radius 3 is 2.79 bits per heavy atom. The quantitative estimate of drug-likeness (QED) is 0.734. The Labute approximate surface area is 82.3 Å². The van der Waals surface area contributed by atoms with Gasteiger partial charge in [0.25, 0.3) is 0 Å². The van der Waals surface area contributed by atoms with Gasteiger partial charge in [0.05, 0.1) is 6.42 Å². The van der Waals surface area contributed by atoms with Crippen LogP contribution >= 0.6 is 0 Å². The minimum atomic E-state index is -0.324. The van der Waals surface area contributed by atoms with E-state index in [4.69, 9.17) is 0 Å². The SMILES string of the molecule is CC(=O)CC(=O)Nc1cc(C)ccn1. The van der Waals surface area contributed by atoms with Gasteiger partial charge >= 0.3 is 0 Å².